The van der Waals surface area contributed by atoms with Crippen LogP contribution in [0.25, 0.3) is 0 Å². The summed E-state index contributed by atoms with van der Waals surface area (Å²) >= 11 is 0. The van der Waals surface area contributed by atoms with Crippen LogP contribution < -0.4 is 0 Å². The highest BCUT2D eigenvalue weighted by atomic mass is 16.5. The first-order chi connectivity index (χ1) is 13.6. The largest absolute Gasteiger partial charge is 0.461 e. The minimum atomic E-state index is -0.279. The number of benzene rings is 1. The van der Waals surface area contributed by atoms with Crippen molar-refractivity contribution in [3.8, 4) is 0 Å². The van der Waals surface area contributed by atoms with Crippen LogP contribution in [-0.4, -0.2) is 39.8 Å². The van der Waals surface area contributed by atoms with Gasteiger partial charge in [0.1, 0.15) is 0 Å². The maximum atomic E-state index is 12.6. The van der Waals surface area contributed by atoms with Gasteiger partial charge in [-0.05, 0) is 43.2 Å². The standard InChI is InChI=1S/C23H31N3O2/c1-4-28-23(27)22-20-15-25(19-13-17-7-5-6-8-18(17)14-19)11-10-21(20)26(24-22)12-9-16(2)3/h5-8,16,19H,4,9-15H2,1-3H3. The average Bonchev–Trinajstić information content (AvgIpc) is 3.27. The molecule has 4 rings (SSSR count). The highest BCUT2D eigenvalue weighted by molar-refractivity contribution is 5.89. The van der Waals surface area contributed by atoms with Crippen LogP contribution in [0.4, 0.5) is 0 Å². The summed E-state index contributed by atoms with van der Waals surface area (Å²) in [7, 11) is 0. The molecule has 2 aromatic rings. The molecule has 0 saturated heterocycles. The molecule has 1 aliphatic heterocycles. The molecule has 0 bridgehead atoms. The van der Waals surface area contributed by atoms with Gasteiger partial charge >= 0.3 is 5.97 Å². The molecule has 0 radical (unpaired) electrons. The Hall–Kier alpha value is -2.14. The summed E-state index contributed by atoms with van der Waals surface area (Å²) in [6, 6.07) is 9.28. The molecule has 0 N–H and O–H groups in total. The fraction of sp³-hybridized carbons (Fsp3) is 0.565. The summed E-state index contributed by atoms with van der Waals surface area (Å²) in [5, 5.41) is 4.70. The van der Waals surface area contributed by atoms with Crippen LogP contribution in [0, 0.1) is 5.92 Å². The van der Waals surface area contributed by atoms with E-state index in [4.69, 9.17) is 9.84 Å². The molecule has 2 heterocycles. The number of hydrogen-bond acceptors (Lipinski definition) is 4. The quantitative estimate of drug-likeness (QED) is 0.717. The molecule has 0 fully saturated rings. The van der Waals surface area contributed by atoms with Crippen LogP contribution in [0.5, 0.6) is 0 Å². The molecule has 0 atom stereocenters. The van der Waals surface area contributed by atoms with Crippen molar-refractivity contribution in [1.29, 1.82) is 0 Å². The summed E-state index contributed by atoms with van der Waals surface area (Å²) in [5.41, 5.74) is 5.79. The molecule has 1 aromatic heterocycles. The van der Waals surface area contributed by atoms with Crippen LogP contribution in [0.3, 0.4) is 0 Å². The van der Waals surface area contributed by atoms with E-state index in [-0.39, 0.29) is 5.97 Å². The summed E-state index contributed by atoms with van der Waals surface area (Å²) in [6.07, 6.45) is 4.22. The van der Waals surface area contributed by atoms with E-state index in [0.717, 1.165) is 50.9 Å². The lowest BCUT2D eigenvalue weighted by molar-refractivity contribution is 0.0515. The Morgan fingerprint density at radius 1 is 1.25 bits per heavy atom. The number of carbonyl (C=O) groups is 1. The second-order valence-electron chi connectivity index (χ2n) is 8.45. The Balaban J connectivity index is 1.57. The summed E-state index contributed by atoms with van der Waals surface area (Å²) in [5.74, 6) is 0.335. The van der Waals surface area contributed by atoms with Crippen LogP contribution in [0.15, 0.2) is 24.3 Å². The zero-order chi connectivity index (χ0) is 19.7. The summed E-state index contributed by atoms with van der Waals surface area (Å²) in [6.45, 7) is 9.37. The third kappa shape index (κ3) is 3.72. The first kappa shape index (κ1) is 19.2. The minimum Gasteiger partial charge on any atom is -0.461 e. The smallest absolute Gasteiger partial charge is 0.359 e. The van der Waals surface area contributed by atoms with E-state index in [1.807, 2.05) is 6.92 Å². The van der Waals surface area contributed by atoms with Gasteiger partial charge in [0.25, 0.3) is 0 Å². The van der Waals surface area contributed by atoms with Gasteiger partial charge in [-0.15, -0.1) is 0 Å². The highest BCUT2D eigenvalue weighted by Gasteiger charge is 2.33. The molecular weight excluding hydrogens is 350 g/mol. The van der Waals surface area contributed by atoms with Gasteiger partial charge in [-0.2, -0.15) is 5.10 Å². The van der Waals surface area contributed by atoms with Crippen molar-refractivity contribution in [2.45, 2.75) is 65.6 Å². The molecule has 1 aromatic carbocycles. The van der Waals surface area contributed by atoms with Crippen molar-refractivity contribution in [3.63, 3.8) is 0 Å². The molecule has 5 heteroatoms. The summed E-state index contributed by atoms with van der Waals surface area (Å²) < 4.78 is 7.38. The van der Waals surface area contributed by atoms with Crippen molar-refractivity contribution < 1.29 is 9.53 Å². The van der Waals surface area contributed by atoms with E-state index >= 15 is 0 Å². The number of fused-ring (bicyclic) bond motifs is 2. The molecular formula is C23H31N3O2. The lowest BCUT2D eigenvalue weighted by Crippen LogP contribution is -2.40. The van der Waals surface area contributed by atoms with Gasteiger partial charge < -0.3 is 4.74 Å². The molecule has 0 saturated carbocycles. The fourth-order valence-electron chi connectivity index (χ4n) is 4.55. The predicted molar refractivity (Wildman–Crippen MR) is 109 cm³/mol. The lowest BCUT2D eigenvalue weighted by atomic mass is 10.0. The number of rotatable bonds is 6. The Morgan fingerprint density at radius 3 is 2.61 bits per heavy atom. The van der Waals surface area contributed by atoms with E-state index < -0.39 is 0 Å². The normalized spacial score (nSPS) is 17.0. The van der Waals surface area contributed by atoms with Gasteiger partial charge in [0.05, 0.1) is 6.61 Å². The molecule has 0 amide bonds. The van der Waals surface area contributed by atoms with Crippen LogP contribution in [-0.2, 0) is 37.1 Å². The number of ether oxygens (including phenoxy) is 1. The van der Waals surface area contributed by atoms with Crippen LogP contribution in [0.2, 0.25) is 0 Å². The van der Waals surface area contributed by atoms with Crippen molar-refractivity contribution in [1.82, 2.24) is 14.7 Å². The van der Waals surface area contributed by atoms with Crippen molar-refractivity contribution in [2.75, 3.05) is 13.2 Å². The zero-order valence-corrected chi connectivity index (χ0v) is 17.3. The number of hydrogen-bond donors (Lipinski definition) is 0. The Bertz CT molecular complexity index is 831. The van der Waals surface area contributed by atoms with Crippen molar-refractivity contribution >= 4 is 5.97 Å². The number of carbonyl (C=O) groups excluding carboxylic acids is 1. The molecule has 1 aliphatic carbocycles. The Morgan fingerprint density at radius 2 is 1.96 bits per heavy atom. The maximum Gasteiger partial charge on any atom is 0.359 e. The van der Waals surface area contributed by atoms with Crippen LogP contribution in [0.1, 0.15) is 60.1 Å². The van der Waals surface area contributed by atoms with E-state index in [0.29, 0.717) is 24.3 Å². The third-order valence-electron chi connectivity index (χ3n) is 6.10. The van der Waals surface area contributed by atoms with Gasteiger partial charge in [-0.1, -0.05) is 38.1 Å². The van der Waals surface area contributed by atoms with Gasteiger partial charge in [0.15, 0.2) is 5.69 Å². The second kappa shape index (κ2) is 8.08. The fourth-order valence-corrected chi connectivity index (χ4v) is 4.55. The van der Waals surface area contributed by atoms with E-state index in [1.165, 1.54) is 16.8 Å². The highest BCUT2D eigenvalue weighted by Crippen LogP contribution is 2.31. The van der Waals surface area contributed by atoms with Gasteiger partial charge in [0.2, 0.25) is 0 Å². The van der Waals surface area contributed by atoms with E-state index in [2.05, 4.69) is 47.7 Å². The number of aromatic nitrogens is 2. The first-order valence-electron chi connectivity index (χ1n) is 10.6. The second-order valence-corrected chi connectivity index (χ2v) is 8.45. The zero-order valence-electron chi connectivity index (χ0n) is 17.3. The Kier molecular flexibility index (Phi) is 5.54. The van der Waals surface area contributed by atoms with Crippen LogP contribution >= 0.6 is 0 Å². The number of nitrogens with zero attached hydrogens (tertiary/aromatic N) is 3. The first-order valence-corrected chi connectivity index (χ1v) is 10.6. The monoisotopic (exact) mass is 381 g/mol. The summed E-state index contributed by atoms with van der Waals surface area (Å²) in [4.78, 5) is 15.1. The SMILES string of the molecule is CCOC(=O)c1nn(CCC(C)C)c2c1CN(C1Cc3ccccc3C1)CC2. The molecule has 2 aliphatic rings. The van der Waals surface area contributed by atoms with Gasteiger partial charge in [-0.3, -0.25) is 9.58 Å². The number of aryl methyl sites for hydroxylation is 1. The van der Waals surface area contributed by atoms with Crippen molar-refractivity contribution in [3.05, 3.63) is 52.3 Å². The number of esters is 1. The van der Waals surface area contributed by atoms with E-state index in [9.17, 15) is 4.79 Å². The molecule has 0 unspecified atom stereocenters. The van der Waals surface area contributed by atoms with E-state index in [1.54, 1.807) is 0 Å². The Labute approximate surface area is 167 Å². The minimum absolute atomic E-state index is 0.279. The topological polar surface area (TPSA) is 47.4 Å². The maximum absolute atomic E-state index is 12.6. The molecule has 5 nitrogen and oxygen atoms in total. The molecule has 28 heavy (non-hydrogen) atoms. The average molecular weight is 382 g/mol. The van der Waals surface area contributed by atoms with Gasteiger partial charge in [-0.25, -0.2) is 4.79 Å². The third-order valence-corrected chi connectivity index (χ3v) is 6.10. The molecule has 150 valence electrons. The predicted octanol–water partition coefficient (Wildman–Crippen LogP) is 3.63. The molecule has 0 spiro atoms. The van der Waals surface area contributed by atoms with Gasteiger partial charge in [0, 0.05) is 43.4 Å². The lowest BCUT2D eigenvalue weighted by Gasteiger charge is -2.32. The van der Waals surface area contributed by atoms with Crippen molar-refractivity contribution in [2.24, 2.45) is 5.92 Å².